The second-order valence-electron chi connectivity index (χ2n) is 4.42. The Bertz CT molecular complexity index is 766. The molecular formula is C12H12N8O2. The lowest BCUT2D eigenvalue weighted by atomic mass is 10.2. The molecular weight excluding hydrogens is 288 g/mol. The lowest BCUT2D eigenvalue weighted by Crippen LogP contribution is -2.28. The summed E-state index contributed by atoms with van der Waals surface area (Å²) < 4.78 is 5.77. The lowest BCUT2D eigenvalue weighted by Gasteiger charge is -2.05. The van der Waals surface area contributed by atoms with Crippen molar-refractivity contribution < 1.29 is 9.42 Å². The Kier molecular flexibility index (Phi) is 3.72. The molecule has 10 heteroatoms. The van der Waals surface area contributed by atoms with Crippen LogP contribution in [0, 0.1) is 0 Å². The third-order valence-corrected chi connectivity index (χ3v) is 2.88. The monoisotopic (exact) mass is 300 g/mol. The second kappa shape index (κ2) is 5.99. The van der Waals surface area contributed by atoms with Crippen LogP contribution in [-0.2, 0) is 17.9 Å². The van der Waals surface area contributed by atoms with Crippen LogP contribution in [-0.4, -0.2) is 36.4 Å². The Hall–Kier alpha value is -3.30. The highest BCUT2D eigenvalue weighted by molar-refractivity contribution is 5.76. The van der Waals surface area contributed by atoms with Crippen molar-refractivity contribution in [3.63, 3.8) is 0 Å². The molecule has 0 aliphatic carbocycles. The van der Waals surface area contributed by atoms with Crippen LogP contribution in [0.5, 0.6) is 0 Å². The van der Waals surface area contributed by atoms with E-state index >= 15 is 0 Å². The number of nitrogen functional groups attached to an aromatic ring is 1. The molecule has 22 heavy (non-hydrogen) atoms. The summed E-state index contributed by atoms with van der Waals surface area (Å²) in [7, 11) is 0. The van der Waals surface area contributed by atoms with E-state index in [2.05, 4.69) is 35.8 Å². The molecule has 3 N–H and O–H groups in total. The minimum absolute atomic E-state index is 0.0562. The number of tetrazole rings is 1. The van der Waals surface area contributed by atoms with Gasteiger partial charge in [-0.2, -0.15) is 0 Å². The minimum atomic E-state index is -0.243. The molecule has 0 spiro atoms. The van der Waals surface area contributed by atoms with Crippen molar-refractivity contribution >= 4 is 11.7 Å². The number of carbonyl (C=O) groups is 1. The van der Waals surface area contributed by atoms with Gasteiger partial charge in [0.1, 0.15) is 6.54 Å². The number of carbonyl (C=O) groups excluding carboxylic acids is 1. The Morgan fingerprint density at radius 2 is 2.09 bits per heavy atom. The molecule has 2 heterocycles. The maximum absolute atomic E-state index is 12.0. The van der Waals surface area contributed by atoms with E-state index in [1.165, 1.54) is 4.68 Å². The van der Waals surface area contributed by atoms with Gasteiger partial charge in [-0.15, -0.1) is 5.10 Å². The van der Waals surface area contributed by atoms with Crippen molar-refractivity contribution in [2.45, 2.75) is 13.1 Å². The molecule has 10 nitrogen and oxygen atoms in total. The number of aromatic nitrogens is 6. The number of amides is 1. The van der Waals surface area contributed by atoms with Crippen LogP contribution in [0.1, 0.15) is 5.56 Å². The Morgan fingerprint density at radius 3 is 2.82 bits per heavy atom. The van der Waals surface area contributed by atoms with Gasteiger partial charge in [0.25, 0.3) is 0 Å². The van der Waals surface area contributed by atoms with Crippen LogP contribution in [0.2, 0.25) is 0 Å². The highest BCUT2D eigenvalue weighted by Crippen LogP contribution is 2.17. The van der Waals surface area contributed by atoms with Gasteiger partial charge in [0.2, 0.25) is 11.7 Å². The first-order chi connectivity index (χ1) is 10.7. The third kappa shape index (κ3) is 2.90. The molecule has 1 amide bonds. The highest BCUT2D eigenvalue weighted by atomic mass is 16.6. The van der Waals surface area contributed by atoms with E-state index in [1.807, 2.05) is 30.3 Å². The molecule has 112 valence electrons. The van der Waals surface area contributed by atoms with E-state index in [0.29, 0.717) is 6.54 Å². The number of benzene rings is 1. The number of hydrogen-bond acceptors (Lipinski definition) is 8. The average Bonchev–Trinajstić information content (AvgIpc) is 3.15. The fourth-order valence-corrected chi connectivity index (χ4v) is 1.82. The minimum Gasteiger partial charge on any atom is -0.379 e. The predicted molar refractivity (Wildman–Crippen MR) is 73.8 cm³/mol. The zero-order chi connectivity index (χ0) is 15.4. The molecule has 1 aromatic carbocycles. The van der Waals surface area contributed by atoms with Crippen LogP contribution in [0.25, 0.3) is 11.5 Å². The maximum Gasteiger partial charge on any atom is 0.242 e. The van der Waals surface area contributed by atoms with Gasteiger partial charge in [0, 0.05) is 6.54 Å². The van der Waals surface area contributed by atoms with Crippen molar-refractivity contribution in [3.05, 3.63) is 35.9 Å². The number of hydrogen-bond donors (Lipinski definition) is 2. The van der Waals surface area contributed by atoms with Gasteiger partial charge in [-0.05, 0) is 26.3 Å². The standard InChI is InChI=1S/C12H12N8O2/c13-11-10(16-22-17-11)12-15-18-19-20(12)7-9(21)14-6-8-4-2-1-3-5-8/h1-5H,6-7H2,(H2,13,17)(H,14,21). The van der Waals surface area contributed by atoms with E-state index in [0.717, 1.165) is 5.56 Å². The van der Waals surface area contributed by atoms with E-state index in [-0.39, 0.29) is 29.8 Å². The summed E-state index contributed by atoms with van der Waals surface area (Å²) in [6.07, 6.45) is 0. The van der Waals surface area contributed by atoms with Gasteiger partial charge < -0.3 is 11.1 Å². The van der Waals surface area contributed by atoms with Crippen molar-refractivity contribution in [3.8, 4) is 11.5 Å². The van der Waals surface area contributed by atoms with Crippen LogP contribution in [0.4, 0.5) is 5.82 Å². The Morgan fingerprint density at radius 1 is 1.27 bits per heavy atom. The summed E-state index contributed by atoms with van der Waals surface area (Å²) in [4.78, 5) is 12.0. The zero-order valence-corrected chi connectivity index (χ0v) is 11.4. The van der Waals surface area contributed by atoms with Crippen LogP contribution in [0.15, 0.2) is 35.0 Å². The molecule has 0 radical (unpaired) electrons. The number of anilines is 1. The van der Waals surface area contributed by atoms with Gasteiger partial charge in [-0.1, -0.05) is 30.3 Å². The zero-order valence-electron chi connectivity index (χ0n) is 11.4. The first-order valence-corrected chi connectivity index (χ1v) is 6.39. The van der Waals surface area contributed by atoms with Gasteiger partial charge >= 0.3 is 0 Å². The molecule has 0 fully saturated rings. The summed E-state index contributed by atoms with van der Waals surface area (Å²) in [5, 5.41) is 20.9. The van der Waals surface area contributed by atoms with E-state index in [1.54, 1.807) is 0 Å². The van der Waals surface area contributed by atoms with Crippen LogP contribution in [0.3, 0.4) is 0 Å². The summed E-state index contributed by atoms with van der Waals surface area (Å²) in [6, 6.07) is 9.56. The van der Waals surface area contributed by atoms with E-state index in [4.69, 9.17) is 5.73 Å². The van der Waals surface area contributed by atoms with Gasteiger partial charge in [-0.25, -0.2) is 9.31 Å². The third-order valence-electron chi connectivity index (χ3n) is 2.88. The average molecular weight is 300 g/mol. The lowest BCUT2D eigenvalue weighted by molar-refractivity contribution is -0.122. The molecule has 0 aliphatic rings. The second-order valence-corrected chi connectivity index (χ2v) is 4.42. The largest absolute Gasteiger partial charge is 0.379 e. The molecule has 3 aromatic rings. The molecule has 0 bridgehead atoms. The number of nitrogens with zero attached hydrogens (tertiary/aromatic N) is 6. The van der Waals surface area contributed by atoms with Gasteiger partial charge in [0.15, 0.2) is 11.5 Å². The number of nitrogens with one attached hydrogen (secondary N) is 1. The van der Waals surface area contributed by atoms with Crippen molar-refractivity contribution in [1.29, 1.82) is 0 Å². The fraction of sp³-hybridized carbons (Fsp3) is 0.167. The Labute approximate surface area is 124 Å². The van der Waals surface area contributed by atoms with Crippen molar-refractivity contribution in [2.75, 3.05) is 5.73 Å². The van der Waals surface area contributed by atoms with Crippen molar-refractivity contribution in [2.24, 2.45) is 0 Å². The molecule has 0 saturated carbocycles. The fourth-order valence-electron chi connectivity index (χ4n) is 1.82. The number of nitrogens with two attached hydrogens (primary N) is 1. The summed E-state index contributed by atoms with van der Waals surface area (Å²) in [5.41, 5.74) is 6.78. The molecule has 0 saturated heterocycles. The topological polar surface area (TPSA) is 138 Å². The molecule has 3 rings (SSSR count). The van der Waals surface area contributed by atoms with Gasteiger partial charge in [0.05, 0.1) is 0 Å². The molecule has 0 aliphatic heterocycles. The Balaban J connectivity index is 1.65. The van der Waals surface area contributed by atoms with E-state index < -0.39 is 0 Å². The SMILES string of the molecule is Nc1nonc1-c1nnnn1CC(=O)NCc1ccccc1. The summed E-state index contributed by atoms with van der Waals surface area (Å²) in [6.45, 7) is 0.353. The first-order valence-electron chi connectivity index (χ1n) is 6.39. The maximum atomic E-state index is 12.0. The normalized spacial score (nSPS) is 10.5. The predicted octanol–water partition coefficient (Wildman–Crippen LogP) is -0.378. The van der Waals surface area contributed by atoms with Crippen LogP contribution < -0.4 is 11.1 Å². The smallest absolute Gasteiger partial charge is 0.242 e. The molecule has 0 atom stereocenters. The molecule has 2 aromatic heterocycles. The van der Waals surface area contributed by atoms with Crippen LogP contribution >= 0.6 is 0 Å². The number of rotatable bonds is 5. The molecule has 0 unspecified atom stereocenters. The van der Waals surface area contributed by atoms with E-state index in [9.17, 15) is 4.79 Å². The summed E-state index contributed by atoms with van der Waals surface area (Å²) in [5.74, 6) is 0.0294. The van der Waals surface area contributed by atoms with Gasteiger partial charge in [-0.3, -0.25) is 4.79 Å². The summed E-state index contributed by atoms with van der Waals surface area (Å²) >= 11 is 0. The van der Waals surface area contributed by atoms with Crippen molar-refractivity contribution in [1.82, 2.24) is 35.8 Å². The quantitative estimate of drug-likeness (QED) is 0.650. The highest BCUT2D eigenvalue weighted by Gasteiger charge is 2.18. The first kappa shape index (κ1) is 13.7.